The van der Waals surface area contributed by atoms with Crippen molar-refractivity contribution in [2.75, 3.05) is 6.54 Å². The SMILES string of the molecule is Cn1ccnc1CN1CCc2nc(C(F)(F)F)ncc2C1. The van der Waals surface area contributed by atoms with Gasteiger partial charge >= 0.3 is 6.18 Å². The van der Waals surface area contributed by atoms with Gasteiger partial charge < -0.3 is 4.57 Å². The lowest BCUT2D eigenvalue weighted by Gasteiger charge is -2.27. The summed E-state index contributed by atoms with van der Waals surface area (Å²) in [7, 11) is 1.92. The third-order valence-corrected chi connectivity index (χ3v) is 3.55. The van der Waals surface area contributed by atoms with Gasteiger partial charge in [0, 0.05) is 50.7 Å². The topological polar surface area (TPSA) is 46.8 Å². The van der Waals surface area contributed by atoms with Gasteiger partial charge in [-0.15, -0.1) is 0 Å². The van der Waals surface area contributed by atoms with Gasteiger partial charge in [-0.25, -0.2) is 15.0 Å². The zero-order valence-electron chi connectivity index (χ0n) is 11.4. The Hall–Kier alpha value is -1.96. The zero-order chi connectivity index (χ0) is 15.0. The molecule has 1 aliphatic rings. The van der Waals surface area contributed by atoms with Gasteiger partial charge in [-0.2, -0.15) is 13.2 Å². The molecule has 2 aromatic rings. The third kappa shape index (κ3) is 2.90. The lowest BCUT2D eigenvalue weighted by Crippen LogP contribution is -2.32. The summed E-state index contributed by atoms with van der Waals surface area (Å²) in [5.74, 6) is -0.134. The van der Waals surface area contributed by atoms with Gasteiger partial charge in [-0.1, -0.05) is 0 Å². The second-order valence-corrected chi connectivity index (χ2v) is 5.08. The van der Waals surface area contributed by atoms with Crippen LogP contribution < -0.4 is 0 Å². The van der Waals surface area contributed by atoms with E-state index in [1.165, 1.54) is 6.20 Å². The van der Waals surface area contributed by atoms with Gasteiger partial charge in [0.25, 0.3) is 0 Å². The molecular formula is C13H14F3N5. The molecule has 3 heterocycles. The molecule has 1 aliphatic heterocycles. The summed E-state index contributed by atoms with van der Waals surface area (Å²) in [5.41, 5.74) is 1.25. The van der Waals surface area contributed by atoms with Crippen LogP contribution in [0.1, 0.15) is 22.9 Å². The Balaban J connectivity index is 1.76. The molecule has 112 valence electrons. The Bertz CT molecular complexity index is 649. The van der Waals surface area contributed by atoms with Gasteiger partial charge in [0.1, 0.15) is 5.82 Å². The summed E-state index contributed by atoms with van der Waals surface area (Å²) in [6, 6.07) is 0. The highest BCUT2D eigenvalue weighted by Crippen LogP contribution is 2.27. The number of aryl methyl sites for hydroxylation is 1. The van der Waals surface area contributed by atoms with Crippen molar-refractivity contribution in [3.63, 3.8) is 0 Å². The van der Waals surface area contributed by atoms with Gasteiger partial charge in [-0.05, 0) is 0 Å². The molecule has 8 heteroatoms. The van der Waals surface area contributed by atoms with Crippen LogP contribution in [-0.4, -0.2) is 31.0 Å². The first-order valence-electron chi connectivity index (χ1n) is 6.54. The van der Waals surface area contributed by atoms with Crippen LogP contribution in [0, 0.1) is 0 Å². The van der Waals surface area contributed by atoms with Crippen LogP contribution >= 0.6 is 0 Å². The molecule has 0 N–H and O–H groups in total. The summed E-state index contributed by atoms with van der Waals surface area (Å²) in [5, 5.41) is 0. The molecule has 2 aromatic heterocycles. The van der Waals surface area contributed by atoms with Gasteiger partial charge in [0.05, 0.1) is 12.2 Å². The number of hydrogen-bond donors (Lipinski definition) is 0. The van der Waals surface area contributed by atoms with E-state index < -0.39 is 12.0 Å². The van der Waals surface area contributed by atoms with E-state index in [2.05, 4.69) is 19.9 Å². The average molecular weight is 297 g/mol. The Kier molecular flexibility index (Phi) is 3.40. The minimum absolute atomic E-state index is 0.491. The fraction of sp³-hybridized carbons (Fsp3) is 0.462. The van der Waals surface area contributed by atoms with Crippen LogP contribution in [0.5, 0.6) is 0 Å². The van der Waals surface area contributed by atoms with E-state index in [9.17, 15) is 13.2 Å². The highest BCUT2D eigenvalue weighted by Gasteiger charge is 2.35. The second-order valence-electron chi connectivity index (χ2n) is 5.08. The minimum atomic E-state index is -4.49. The molecule has 0 aromatic carbocycles. The van der Waals surface area contributed by atoms with Crippen molar-refractivity contribution in [1.29, 1.82) is 0 Å². The largest absolute Gasteiger partial charge is 0.451 e. The number of fused-ring (bicyclic) bond motifs is 1. The molecule has 0 spiro atoms. The Morgan fingerprint density at radius 3 is 2.76 bits per heavy atom. The van der Waals surface area contributed by atoms with E-state index in [-0.39, 0.29) is 0 Å². The van der Waals surface area contributed by atoms with Crippen LogP contribution in [0.15, 0.2) is 18.6 Å². The Morgan fingerprint density at radius 1 is 1.29 bits per heavy atom. The lowest BCUT2D eigenvalue weighted by molar-refractivity contribution is -0.145. The van der Waals surface area contributed by atoms with Crippen LogP contribution in [0.3, 0.4) is 0 Å². The zero-order valence-corrected chi connectivity index (χ0v) is 11.4. The molecule has 0 atom stereocenters. The maximum Gasteiger partial charge on any atom is 0.451 e. The highest BCUT2D eigenvalue weighted by atomic mass is 19.4. The Labute approximate surface area is 119 Å². The van der Waals surface area contributed by atoms with Crippen molar-refractivity contribution in [3.8, 4) is 0 Å². The van der Waals surface area contributed by atoms with Crippen molar-refractivity contribution in [2.24, 2.45) is 7.05 Å². The van der Waals surface area contributed by atoms with E-state index in [0.29, 0.717) is 31.7 Å². The van der Waals surface area contributed by atoms with Gasteiger partial charge in [0.2, 0.25) is 5.82 Å². The van der Waals surface area contributed by atoms with Crippen LogP contribution in [-0.2, 0) is 32.7 Å². The normalized spacial score (nSPS) is 16.0. The molecule has 0 amide bonds. The van der Waals surface area contributed by atoms with Crippen molar-refractivity contribution in [3.05, 3.63) is 41.5 Å². The maximum absolute atomic E-state index is 12.6. The molecular weight excluding hydrogens is 283 g/mol. The molecule has 0 bridgehead atoms. The van der Waals surface area contributed by atoms with Gasteiger partial charge in [-0.3, -0.25) is 4.90 Å². The number of alkyl halides is 3. The number of halogens is 3. The van der Waals surface area contributed by atoms with E-state index >= 15 is 0 Å². The van der Waals surface area contributed by atoms with Crippen molar-refractivity contribution in [2.45, 2.75) is 25.7 Å². The molecule has 0 saturated carbocycles. The van der Waals surface area contributed by atoms with Crippen LogP contribution in [0.25, 0.3) is 0 Å². The van der Waals surface area contributed by atoms with E-state index in [4.69, 9.17) is 0 Å². The highest BCUT2D eigenvalue weighted by molar-refractivity contribution is 5.21. The Morgan fingerprint density at radius 2 is 2.10 bits per heavy atom. The van der Waals surface area contributed by atoms with Crippen molar-refractivity contribution in [1.82, 2.24) is 24.4 Å². The van der Waals surface area contributed by atoms with Crippen LogP contribution in [0.4, 0.5) is 13.2 Å². The number of nitrogens with zero attached hydrogens (tertiary/aromatic N) is 5. The maximum atomic E-state index is 12.6. The first-order chi connectivity index (χ1) is 9.93. The molecule has 5 nitrogen and oxygen atoms in total. The predicted molar refractivity (Wildman–Crippen MR) is 68.1 cm³/mol. The molecule has 0 unspecified atom stereocenters. The molecule has 21 heavy (non-hydrogen) atoms. The summed E-state index contributed by atoms with van der Waals surface area (Å²) in [6.07, 6.45) is 0.887. The first-order valence-corrected chi connectivity index (χ1v) is 6.54. The van der Waals surface area contributed by atoms with Crippen molar-refractivity contribution >= 4 is 0 Å². The van der Waals surface area contributed by atoms with E-state index in [1.807, 2.05) is 17.8 Å². The second kappa shape index (κ2) is 5.10. The number of imidazole rings is 1. The number of rotatable bonds is 2. The lowest BCUT2D eigenvalue weighted by atomic mass is 10.1. The third-order valence-electron chi connectivity index (χ3n) is 3.55. The molecule has 3 rings (SSSR count). The minimum Gasteiger partial charge on any atom is -0.337 e. The van der Waals surface area contributed by atoms with Gasteiger partial charge in [0.15, 0.2) is 0 Å². The molecule has 0 saturated heterocycles. The van der Waals surface area contributed by atoms with E-state index in [0.717, 1.165) is 11.4 Å². The summed E-state index contributed by atoms with van der Waals surface area (Å²) < 4.78 is 39.7. The van der Waals surface area contributed by atoms with Crippen molar-refractivity contribution < 1.29 is 13.2 Å². The monoisotopic (exact) mass is 297 g/mol. The predicted octanol–water partition coefficient (Wildman–Crippen LogP) is 1.79. The number of hydrogen-bond acceptors (Lipinski definition) is 4. The summed E-state index contributed by atoms with van der Waals surface area (Å²) >= 11 is 0. The standard InChI is InChI=1S/C13H14F3N5/c1-20-5-3-17-11(20)8-21-4-2-10-9(7-21)6-18-12(19-10)13(14,15)16/h3,5-6H,2,4,7-8H2,1H3. The smallest absolute Gasteiger partial charge is 0.337 e. The fourth-order valence-corrected chi connectivity index (χ4v) is 2.39. The molecule has 0 fully saturated rings. The van der Waals surface area contributed by atoms with E-state index in [1.54, 1.807) is 6.20 Å². The number of aromatic nitrogens is 4. The summed E-state index contributed by atoms with van der Waals surface area (Å²) in [6.45, 7) is 1.86. The molecule has 0 aliphatic carbocycles. The first kappa shape index (κ1) is 14.0. The quantitative estimate of drug-likeness (QED) is 0.848. The molecule has 0 radical (unpaired) electrons. The summed E-state index contributed by atoms with van der Waals surface area (Å²) in [4.78, 5) is 13.5. The fourth-order valence-electron chi connectivity index (χ4n) is 2.39. The average Bonchev–Trinajstić information content (AvgIpc) is 2.82. The van der Waals surface area contributed by atoms with Crippen LogP contribution in [0.2, 0.25) is 0 Å².